The van der Waals surface area contributed by atoms with Gasteiger partial charge >= 0.3 is 0 Å². The van der Waals surface area contributed by atoms with Crippen LogP contribution in [0.15, 0.2) is 30.6 Å². The van der Waals surface area contributed by atoms with Crippen molar-refractivity contribution in [3.63, 3.8) is 0 Å². The number of hydrogen-bond acceptors (Lipinski definition) is 3. The van der Waals surface area contributed by atoms with Gasteiger partial charge in [-0.05, 0) is 24.1 Å². The molecule has 19 heavy (non-hydrogen) atoms. The summed E-state index contributed by atoms with van der Waals surface area (Å²) in [6.07, 6.45) is 5.00. The van der Waals surface area contributed by atoms with Gasteiger partial charge in [0.2, 0.25) is 0 Å². The smallest absolute Gasteiger partial charge is 0.0761 e. The van der Waals surface area contributed by atoms with Gasteiger partial charge in [0.15, 0.2) is 0 Å². The third-order valence-corrected chi connectivity index (χ3v) is 3.42. The summed E-state index contributed by atoms with van der Waals surface area (Å²) < 4.78 is 0. The maximum atomic E-state index is 6.12. The highest BCUT2D eigenvalue weighted by Crippen LogP contribution is 2.24. The maximum Gasteiger partial charge on any atom is 0.0761 e. The molecule has 2 aromatic heterocycles. The van der Waals surface area contributed by atoms with E-state index in [1.807, 2.05) is 12.3 Å². The predicted octanol–water partition coefficient (Wildman–Crippen LogP) is 3.59. The molecule has 0 bridgehead atoms. The monoisotopic (exact) mass is 295 g/mol. The van der Waals surface area contributed by atoms with Gasteiger partial charge in [0.05, 0.1) is 21.8 Å². The van der Waals surface area contributed by atoms with E-state index in [0.29, 0.717) is 22.2 Å². The number of aryl methyl sites for hydroxylation is 1. The van der Waals surface area contributed by atoms with Crippen LogP contribution < -0.4 is 5.73 Å². The molecule has 0 saturated carbocycles. The SMILES string of the molecule is CCc1ccc(CC(N)c2ncc(Cl)cc2Cl)nc1. The van der Waals surface area contributed by atoms with Gasteiger partial charge in [-0.15, -0.1) is 0 Å². The Morgan fingerprint density at radius 3 is 2.58 bits per heavy atom. The van der Waals surface area contributed by atoms with Gasteiger partial charge in [-0.3, -0.25) is 9.97 Å². The zero-order valence-corrected chi connectivity index (χ0v) is 12.1. The van der Waals surface area contributed by atoms with Crippen molar-refractivity contribution in [2.75, 3.05) is 0 Å². The van der Waals surface area contributed by atoms with Gasteiger partial charge in [0.1, 0.15) is 0 Å². The van der Waals surface area contributed by atoms with Gasteiger partial charge in [0, 0.05) is 24.5 Å². The number of nitrogens with two attached hydrogens (primary N) is 1. The molecule has 0 aromatic carbocycles. The summed E-state index contributed by atoms with van der Waals surface area (Å²) >= 11 is 11.9. The Morgan fingerprint density at radius 1 is 1.21 bits per heavy atom. The topological polar surface area (TPSA) is 51.8 Å². The molecule has 0 amide bonds. The molecule has 0 aliphatic carbocycles. The molecule has 2 aromatic rings. The number of pyridine rings is 2. The second kappa shape index (κ2) is 6.33. The molecule has 2 rings (SSSR count). The minimum atomic E-state index is -0.287. The van der Waals surface area contributed by atoms with Gasteiger partial charge in [-0.1, -0.05) is 36.2 Å². The molecule has 1 unspecified atom stereocenters. The summed E-state index contributed by atoms with van der Waals surface area (Å²) in [4.78, 5) is 8.58. The fourth-order valence-corrected chi connectivity index (χ4v) is 2.33. The van der Waals surface area contributed by atoms with E-state index in [-0.39, 0.29) is 6.04 Å². The van der Waals surface area contributed by atoms with Crippen LogP contribution in [0.4, 0.5) is 0 Å². The van der Waals surface area contributed by atoms with Crippen molar-refractivity contribution in [2.24, 2.45) is 5.73 Å². The third kappa shape index (κ3) is 3.66. The molecular weight excluding hydrogens is 281 g/mol. The van der Waals surface area contributed by atoms with Gasteiger partial charge in [-0.2, -0.15) is 0 Å². The first-order chi connectivity index (χ1) is 9.10. The molecule has 1 atom stereocenters. The van der Waals surface area contributed by atoms with Gasteiger partial charge < -0.3 is 5.73 Å². The molecule has 0 saturated heterocycles. The van der Waals surface area contributed by atoms with Gasteiger partial charge in [-0.25, -0.2) is 0 Å². The standard InChI is InChI=1S/C14H15Cl2N3/c1-2-9-3-4-11(18-7-9)6-13(17)14-12(16)5-10(15)8-19-14/h3-5,7-8,13H,2,6,17H2,1H3. The molecule has 0 spiro atoms. The van der Waals surface area contributed by atoms with E-state index in [9.17, 15) is 0 Å². The summed E-state index contributed by atoms with van der Waals surface area (Å²) in [6, 6.07) is 5.41. The lowest BCUT2D eigenvalue weighted by molar-refractivity contribution is 0.683. The van der Waals surface area contributed by atoms with Crippen molar-refractivity contribution < 1.29 is 0 Å². The molecule has 2 heterocycles. The van der Waals surface area contributed by atoms with Crippen molar-refractivity contribution in [1.82, 2.24) is 9.97 Å². The van der Waals surface area contributed by atoms with E-state index in [2.05, 4.69) is 23.0 Å². The van der Waals surface area contributed by atoms with Crippen molar-refractivity contribution in [3.05, 3.63) is 57.6 Å². The average molecular weight is 296 g/mol. The van der Waals surface area contributed by atoms with Crippen molar-refractivity contribution in [1.29, 1.82) is 0 Å². The highest BCUT2D eigenvalue weighted by molar-refractivity contribution is 6.34. The van der Waals surface area contributed by atoms with Gasteiger partial charge in [0.25, 0.3) is 0 Å². The molecule has 2 N–H and O–H groups in total. The first kappa shape index (κ1) is 14.3. The summed E-state index contributed by atoms with van der Waals surface area (Å²) in [7, 11) is 0. The van der Waals surface area contributed by atoms with E-state index in [1.54, 1.807) is 12.3 Å². The van der Waals surface area contributed by atoms with E-state index in [0.717, 1.165) is 12.1 Å². The van der Waals surface area contributed by atoms with E-state index in [1.165, 1.54) is 5.56 Å². The van der Waals surface area contributed by atoms with Crippen molar-refractivity contribution in [3.8, 4) is 0 Å². The number of halogens is 2. The van der Waals surface area contributed by atoms with Crippen LogP contribution in [0.25, 0.3) is 0 Å². The number of rotatable bonds is 4. The Kier molecular flexibility index (Phi) is 4.75. The Balaban J connectivity index is 2.13. The Labute approximate surface area is 122 Å². The second-order valence-corrected chi connectivity index (χ2v) is 5.19. The minimum absolute atomic E-state index is 0.287. The molecule has 5 heteroatoms. The number of hydrogen-bond donors (Lipinski definition) is 1. The lowest BCUT2D eigenvalue weighted by Gasteiger charge is -2.12. The third-order valence-electron chi connectivity index (χ3n) is 2.91. The van der Waals surface area contributed by atoms with Crippen LogP contribution in [0.3, 0.4) is 0 Å². The van der Waals surface area contributed by atoms with Crippen LogP contribution in [-0.4, -0.2) is 9.97 Å². The zero-order valence-electron chi connectivity index (χ0n) is 10.6. The molecule has 100 valence electrons. The lowest BCUT2D eigenvalue weighted by atomic mass is 10.1. The fourth-order valence-electron chi connectivity index (χ4n) is 1.80. The van der Waals surface area contributed by atoms with Crippen LogP contribution >= 0.6 is 23.2 Å². The van der Waals surface area contributed by atoms with Crippen LogP contribution in [0.1, 0.15) is 29.9 Å². The Morgan fingerprint density at radius 2 is 2.00 bits per heavy atom. The van der Waals surface area contributed by atoms with Crippen LogP contribution in [0.2, 0.25) is 10.0 Å². The average Bonchev–Trinajstić information content (AvgIpc) is 2.39. The summed E-state index contributed by atoms with van der Waals surface area (Å²) in [6.45, 7) is 2.10. The summed E-state index contributed by atoms with van der Waals surface area (Å²) in [5.41, 5.74) is 8.90. The van der Waals surface area contributed by atoms with Crippen LogP contribution in [-0.2, 0) is 12.8 Å². The summed E-state index contributed by atoms with van der Waals surface area (Å²) in [5, 5.41) is 0.997. The first-order valence-electron chi connectivity index (χ1n) is 6.10. The first-order valence-corrected chi connectivity index (χ1v) is 6.86. The molecule has 0 fully saturated rings. The van der Waals surface area contributed by atoms with Crippen LogP contribution in [0, 0.1) is 0 Å². The number of aromatic nitrogens is 2. The van der Waals surface area contributed by atoms with E-state index < -0.39 is 0 Å². The molecular formula is C14H15Cl2N3. The van der Waals surface area contributed by atoms with E-state index >= 15 is 0 Å². The quantitative estimate of drug-likeness (QED) is 0.938. The molecule has 0 aliphatic heterocycles. The largest absolute Gasteiger partial charge is 0.322 e. The number of nitrogens with zero attached hydrogens (tertiary/aromatic N) is 2. The fraction of sp³-hybridized carbons (Fsp3) is 0.286. The van der Waals surface area contributed by atoms with E-state index in [4.69, 9.17) is 28.9 Å². The maximum absolute atomic E-state index is 6.12. The Bertz CT molecular complexity index is 555. The minimum Gasteiger partial charge on any atom is -0.322 e. The molecule has 0 radical (unpaired) electrons. The normalized spacial score (nSPS) is 12.4. The second-order valence-electron chi connectivity index (χ2n) is 4.34. The summed E-state index contributed by atoms with van der Waals surface area (Å²) in [5.74, 6) is 0. The predicted molar refractivity (Wildman–Crippen MR) is 78.5 cm³/mol. The van der Waals surface area contributed by atoms with Crippen LogP contribution in [0.5, 0.6) is 0 Å². The van der Waals surface area contributed by atoms with Crippen molar-refractivity contribution >= 4 is 23.2 Å². The Hall–Kier alpha value is -1.16. The lowest BCUT2D eigenvalue weighted by Crippen LogP contribution is -2.16. The highest BCUT2D eigenvalue weighted by Gasteiger charge is 2.13. The molecule has 3 nitrogen and oxygen atoms in total. The highest BCUT2D eigenvalue weighted by atomic mass is 35.5. The zero-order chi connectivity index (χ0) is 13.8. The molecule has 0 aliphatic rings. The van der Waals surface area contributed by atoms with Crippen molar-refractivity contribution in [2.45, 2.75) is 25.8 Å².